The summed E-state index contributed by atoms with van der Waals surface area (Å²) >= 11 is 0. The molecular formula is C15H22N2O3. The molecule has 1 aromatic rings. The van der Waals surface area contributed by atoms with Gasteiger partial charge in [-0.25, -0.2) is 4.98 Å². The highest BCUT2D eigenvalue weighted by Gasteiger charge is 2.32. The Labute approximate surface area is 119 Å². The van der Waals surface area contributed by atoms with E-state index in [1.54, 1.807) is 0 Å². The van der Waals surface area contributed by atoms with Crippen molar-refractivity contribution in [1.29, 1.82) is 0 Å². The Morgan fingerprint density at radius 3 is 2.75 bits per heavy atom. The number of nitrogens with two attached hydrogens (primary N) is 1. The molecule has 0 bridgehead atoms. The monoisotopic (exact) mass is 278 g/mol. The van der Waals surface area contributed by atoms with E-state index in [2.05, 4.69) is 18.8 Å². The first-order valence-electron chi connectivity index (χ1n) is 6.91. The number of hydrogen-bond donors (Lipinski definition) is 2. The van der Waals surface area contributed by atoms with Gasteiger partial charge in [-0.2, -0.15) is 0 Å². The SMILES string of the molecule is CC(=O)OCc1c(CO)c(N)nc2c1CCCC2(C)C. The van der Waals surface area contributed by atoms with Crippen molar-refractivity contribution in [3.05, 3.63) is 22.4 Å². The average Bonchev–Trinajstić information content (AvgIpc) is 2.36. The number of aromatic nitrogens is 1. The van der Waals surface area contributed by atoms with Gasteiger partial charge in [-0.3, -0.25) is 4.79 Å². The normalized spacial score (nSPS) is 16.6. The summed E-state index contributed by atoms with van der Waals surface area (Å²) in [5.41, 5.74) is 9.40. The van der Waals surface area contributed by atoms with Crippen LogP contribution >= 0.6 is 0 Å². The molecule has 0 unspecified atom stereocenters. The van der Waals surface area contributed by atoms with E-state index in [-0.39, 0.29) is 24.6 Å². The summed E-state index contributed by atoms with van der Waals surface area (Å²) in [7, 11) is 0. The lowest BCUT2D eigenvalue weighted by molar-refractivity contribution is -0.142. The molecule has 5 nitrogen and oxygen atoms in total. The van der Waals surface area contributed by atoms with Crippen molar-refractivity contribution in [2.45, 2.75) is 58.7 Å². The molecule has 1 heterocycles. The predicted octanol–water partition coefficient (Wildman–Crippen LogP) is 1.83. The molecule has 0 fully saturated rings. The first-order chi connectivity index (χ1) is 9.36. The third-order valence-corrected chi connectivity index (χ3v) is 4.00. The van der Waals surface area contributed by atoms with Gasteiger partial charge in [0, 0.05) is 23.5 Å². The second-order valence-corrected chi connectivity index (χ2v) is 5.96. The van der Waals surface area contributed by atoms with Crippen molar-refractivity contribution < 1.29 is 14.6 Å². The standard InChI is InChI=1S/C15H22N2O3/c1-9(19)20-8-12-10-5-4-6-15(2,3)13(10)17-14(16)11(12)7-18/h18H,4-8H2,1-3H3,(H2,16,17). The molecule has 3 N–H and O–H groups in total. The Balaban J connectivity index is 2.56. The van der Waals surface area contributed by atoms with Crippen molar-refractivity contribution in [2.75, 3.05) is 5.73 Å². The fourth-order valence-electron chi connectivity index (χ4n) is 2.91. The minimum Gasteiger partial charge on any atom is -0.461 e. The maximum absolute atomic E-state index is 11.1. The highest BCUT2D eigenvalue weighted by molar-refractivity contribution is 5.66. The van der Waals surface area contributed by atoms with E-state index in [1.165, 1.54) is 6.92 Å². The number of nitrogens with zero attached hydrogens (tertiary/aromatic N) is 1. The number of esters is 1. The number of rotatable bonds is 3. The Morgan fingerprint density at radius 2 is 2.15 bits per heavy atom. The molecule has 0 radical (unpaired) electrons. The minimum atomic E-state index is -0.340. The molecular weight excluding hydrogens is 256 g/mol. The topological polar surface area (TPSA) is 85.4 Å². The summed E-state index contributed by atoms with van der Waals surface area (Å²) in [5, 5.41) is 9.54. The van der Waals surface area contributed by atoms with Gasteiger partial charge in [0.2, 0.25) is 0 Å². The first-order valence-corrected chi connectivity index (χ1v) is 6.91. The van der Waals surface area contributed by atoms with E-state index in [0.717, 1.165) is 36.1 Å². The van der Waals surface area contributed by atoms with E-state index < -0.39 is 0 Å². The summed E-state index contributed by atoms with van der Waals surface area (Å²) in [6, 6.07) is 0. The molecule has 1 aromatic heterocycles. The van der Waals surface area contributed by atoms with Crippen molar-refractivity contribution in [3.8, 4) is 0 Å². The smallest absolute Gasteiger partial charge is 0.302 e. The van der Waals surface area contributed by atoms with Crippen molar-refractivity contribution >= 4 is 11.8 Å². The van der Waals surface area contributed by atoms with E-state index in [1.807, 2.05) is 0 Å². The Hall–Kier alpha value is -1.62. The number of pyridine rings is 1. The fourth-order valence-corrected chi connectivity index (χ4v) is 2.91. The van der Waals surface area contributed by atoms with Gasteiger partial charge < -0.3 is 15.6 Å². The lowest BCUT2D eigenvalue weighted by atomic mass is 9.74. The summed E-state index contributed by atoms with van der Waals surface area (Å²) in [6.45, 7) is 5.62. The number of nitrogen functional groups attached to an aromatic ring is 1. The number of anilines is 1. The Kier molecular flexibility index (Phi) is 3.99. The number of aliphatic hydroxyl groups is 1. The van der Waals surface area contributed by atoms with E-state index >= 15 is 0 Å². The molecule has 5 heteroatoms. The molecule has 1 aliphatic carbocycles. The number of carbonyl (C=O) groups excluding carboxylic acids is 1. The zero-order chi connectivity index (χ0) is 14.9. The fraction of sp³-hybridized carbons (Fsp3) is 0.600. The van der Waals surface area contributed by atoms with Crippen LogP contribution in [0.4, 0.5) is 5.82 Å². The van der Waals surface area contributed by atoms with Gasteiger partial charge >= 0.3 is 5.97 Å². The minimum absolute atomic E-state index is 0.0410. The van der Waals surface area contributed by atoms with Crippen LogP contribution < -0.4 is 5.73 Å². The van der Waals surface area contributed by atoms with Crippen molar-refractivity contribution in [2.24, 2.45) is 0 Å². The second kappa shape index (κ2) is 5.40. The van der Waals surface area contributed by atoms with Gasteiger partial charge in [0.1, 0.15) is 12.4 Å². The van der Waals surface area contributed by atoms with Crippen LogP contribution in [0.1, 0.15) is 56.0 Å². The van der Waals surface area contributed by atoms with Gasteiger partial charge in [-0.1, -0.05) is 13.8 Å². The molecule has 0 aliphatic heterocycles. The average molecular weight is 278 g/mol. The lowest BCUT2D eigenvalue weighted by Gasteiger charge is -2.33. The third-order valence-electron chi connectivity index (χ3n) is 4.00. The van der Waals surface area contributed by atoms with E-state index in [4.69, 9.17) is 10.5 Å². The summed E-state index contributed by atoms with van der Waals surface area (Å²) in [5.74, 6) is -0.00327. The summed E-state index contributed by atoms with van der Waals surface area (Å²) < 4.78 is 5.13. The van der Waals surface area contributed by atoms with Crippen LogP contribution in [0.3, 0.4) is 0 Å². The quantitative estimate of drug-likeness (QED) is 0.824. The number of hydrogen-bond acceptors (Lipinski definition) is 5. The van der Waals surface area contributed by atoms with E-state index in [9.17, 15) is 9.90 Å². The van der Waals surface area contributed by atoms with Gasteiger partial charge in [-0.05, 0) is 24.8 Å². The molecule has 2 rings (SSSR count). The predicted molar refractivity (Wildman–Crippen MR) is 76.0 cm³/mol. The number of aliphatic hydroxyl groups excluding tert-OH is 1. The Bertz CT molecular complexity index is 538. The van der Waals surface area contributed by atoms with Crippen molar-refractivity contribution in [3.63, 3.8) is 0 Å². The van der Waals surface area contributed by atoms with Crippen LogP contribution in [0.25, 0.3) is 0 Å². The number of ether oxygens (including phenoxy) is 1. The second-order valence-electron chi connectivity index (χ2n) is 5.96. The third kappa shape index (κ3) is 2.63. The highest BCUT2D eigenvalue weighted by Crippen LogP contribution is 2.39. The lowest BCUT2D eigenvalue weighted by Crippen LogP contribution is -2.28. The molecule has 1 aliphatic rings. The first kappa shape index (κ1) is 14.8. The molecule has 110 valence electrons. The molecule has 0 amide bonds. The zero-order valence-electron chi connectivity index (χ0n) is 12.3. The van der Waals surface area contributed by atoms with Gasteiger partial charge in [0.15, 0.2) is 0 Å². The van der Waals surface area contributed by atoms with E-state index in [0.29, 0.717) is 11.4 Å². The molecule has 20 heavy (non-hydrogen) atoms. The van der Waals surface area contributed by atoms with Gasteiger partial charge in [-0.15, -0.1) is 0 Å². The maximum atomic E-state index is 11.1. The molecule has 0 atom stereocenters. The Morgan fingerprint density at radius 1 is 1.45 bits per heavy atom. The molecule has 0 saturated carbocycles. The summed E-state index contributed by atoms with van der Waals surface area (Å²) in [4.78, 5) is 15.6. The van der Waals surface area contributed by atoms with Crippen LogP contribution in [-0.2, 0) is 34.6 Å². The van der Waals surface area contributed by atoms with Crippen LogP contribution in [0.2, 0.25) is 0 Å². The van der Waals surface area contributed by atoms with Crippen LogP contribution in [0.15, 0.2) is 0 Å². The highest BCUT2D eigenvalue weighted by atomic mass is 16.5. The van der Waals surface area contributed by atoms with Crippen LogP contribution in [0, 0.1) is 0 Å². The molecule has 0 saturated heterocycles. The maximum Gasteiger partial charge on any atom is 0.302 e. The number of fused-ring (bicyclic) bond motifs is 1. The summed E-state index contributed by atoms with van der Waals surface area (Å²) in [6.07, 6.45) is 3.00. The van der Waals surface area contributed by atoms with Crippen molar-refractivity contribution in [1.82, 2.24) is 4.98 Å². The zero-order valence-corrected chi connectivity index (χ0v) is 12.3. The number of carbonyl (C=O) groups is 1. The van der Waals surface area contributed by atoms with Gasteiger partial charge in [0.25, 0.3) is 0 Å². The molecule has 0 aromatic carbocycles. The van der Waals surface area contributed by atoms with Crippen LogP contribution in [0.5, 0.6) is 0 Å². The molecule has 0 spiro atoms. The van der Waals surface area contributed by atoms with Gasteiger partial charge in [0.05, 0.1) is 12.3 Å². The largest absolute Gasteiger partial charge is 0.461 e. The van der Waals surface area contributed by atoms with Crippen LogP contribution in [-0.4, -0.2) is 16.1 Å².